The highest BCUT2D eigenvalue weighted by atomic mass is 16.6. The zero-order valence-corrected chi connectivity index (χ0v) is 32.5. The zero-order valence-electron chi connectivity index (χ0n) is 32.5. The average Bonchev–Trinajstić information content (AvgIpc) is 3.46. The SMILES string of the molecule is CCCCCCCCOC(=O)CC[C@@H](C)[C@H]1CC[C@H]2[C@@H]3[C@H](OCCCN)C[C@@H]4C[C@H](OC(=O)CCN)CC[C@]4(C)[C@H]3C[C@H](OC(=O)CCN)[C@]12C. The number of unbranched alkanes of at least 4 members (excludes halogenated alkanes) is 5. The molecule has 0 aromatic rings. The van der Waals surface area contributed by atoms with E-state index < -0.39 is 0 Å². The third kappa shape index (κ3) is 10.3. The number of carbonyl (C=O) groups excluding carboxylic acids is 3. The molecular formula is C41H73N3O7. The summed E-state index contributed by atoms with van der Waals surface area (Å²) in [5.74, 6) is 1.32. The summed E-state index contributed by atoms with van der Waals surface area (Å²) < 4.78 is 24.9. The molecule has 4 aliphatic carbocycles. The van der Waals surface area contributed by atoms with Gasteiger partial charge in [-0.25, -0.2) is 0 Å². The summed E-state index contributed by atoms with van der Waals surface area (Å²) in [6, 6.07) is 0. The molecule has 0 radical (unpaired) electrons. The van der Waals surface area contributed by atoms with Gasteiger partial charge >= 0.3 is 17.9 Å². The Balaban J connectivity index is 1.53. The molecular weight excluding hydrogens is 646 g/mol. The number of fused-ring (bicyclic) bond motifs is 5. The summed E-state index contributed by atoms with van der Waals surface area (Å²) in [5, 5.41) is 0. The Morgan fingerprint density at radius 1 is 0.745 bits per heavy atom. The number of hydrogen-bond acceptors (Lipinski definition) is 10. The summed E-state index contributed by atoms with van der Waals surface area (Å²) in [4.78, 5) is 38.5. The number of esters is 3. The van der Waals surface area contributed by atoms with Gasteiger partial charge in [0, 0.05) is 31.5 Å². The summed E-state index contributed by atoms with van der Waals surface area (Å²) in [7, 11) is 0. The van der Waals surface area contributed by atoms with Gasteiger partial charge in [-0.1, -0.05) is 59.8 Å². The lowest BCUT2D eigenvalue weighted by molar-refractivity contribution is -0.226. The Bertz CT molecular complexity index is 1110. The van der Waals surface area contributed by atoms with Crippen LogP contribution in [0.2, 0.25) is 0 Å². The van der Waals surface area contributed by atoms with Crippen LogP contribution >= 0.6 is 0 Å². The van der Waals surface area contributed by atoms with Crippen molar-refractivity contribution < 1.29 is 33.3 Å². The van der Waals surface area contributed by atoms with Crippen molar-refractivity contribution in [2.24, 2.45) is 63.5 Å². The van der Waals surface area contributed by atoms with Gasteiger partial charge in [-0.3, -0.25) is 14.4 Å². The second kappa shape index (κ2) is 20.1. The van der Waals surface area contributed by atoms with Gasteiger partial charge in [0.2, 0.25) is 0 Å². The van der Waals surface area contributed by atoms with Crippen molar-refractivity contribution in [1.82, 2.24) is 0 Å². The first-order valence-corrected chi connectivity index (χ1v) is 20.8. The molecule has 4 aliphatic rings. The maximum atomic E-state index is 13.2. The number of nitrogens with two attached hydrogens (primary N) is 3. The predicted molar refractivity (Wildman–Crippen MR) is 199 cm³/mol. The van der Waals surface area contributed by atoms with E-state index in [0.29, 0.717) is 62.3 Å². The lowest BCUT2D eigenvalue weighted by atomic mass is 9.43. The van der Waals surface area contributed by atoms with Crippen molar-refractivity contribution in [2.45, 2.75) is 162 Å². The van der Waals surface area contributed by atoms with E-state index in [4.69, 9.17) is 36.1 Å². The van der Waals surface area contributed by atoms with Crippen LogP contribution in [-0.2, 0) is 33.3 Å². The maximum Gasteiger partial charge on any atom is 0.307 e. The number of hydrogen-bond donors (Lipinski definition) is 3. The molecule has 0 bridgehead atoms. The fourth-order valence-corrected chi connectivity index (χ4v) is 11.2. The van der Waals surface area contributed by atoms with Crippen molar-refractivity contribution >= 4 is 17.9 Å². The molecule has 4 fully saturated rings. The molecule has 6 N–H and O–H groups in total. The van der Waals surface area contributed by atoms with Gasteiger partial charge in [-0.2, -0.15) is 0 Å². The highest BCUT2D eigenvalue weighted by molar-refractivity contribution is 5.70. The summed E-state index contributed by atoms with van der Waals surface area (Å²) in [6.07, 6.45) is 15.6. The molecule has 4 rings (SSSR count). The van der Waals surface area contributed by atoms with E-state index in [9.17, 15) is 14.4 Å². The average molecular weight is 720 g/mol. The largest absolute Gasteiger partial charge is 0.466 e. The number of ether oxygens (including phenoxy) is 4. The summed E-state index contributed by atoms with van der Waals surface area (Å²) in [6.45, 7) is 11.6. The molecule has 0 amide bonds. The van der Waals surface area contributed by atoms with Gasteiger partial charge in [-0.15, -0.1) is 0 Å². The summed E-state index contributed by atoms with van der Waals surface area (Å²) in [5.41, 5.74) is 17.2. The van der Waals surface area contributed by atoms with Crippen LogP contribution in [0.5, 0.6) is 0 Å². The highest BCUT2D eigenvalue weighted by Crippen LogP contribution is 2.69. The van der Waals surface area contributed by atoms with Crippen molar-refractivity contribution in [3.63, 3.8) is 0 Å². The normalized spacial score (nSPS) is 34.9. The van der Waals surface area contributed by atoms with Gasteiger partial charge in [0.25, 0.3) is 0 Å². The van der Waals surface area contributed by atoms with Crippen LogP contribution in [0.3, 0.4) is 0 Å². The molecule has 0 saturated heterocycles. The molecule has 51 heavy (non-hydrogen) atoms. The molecule has 0 aromatic carbocycles. The molecule has 0 heterocycles. The van der Waals surface area contributed by atoms with Crippen LogP contribution in [0.25, 0.3) is 0 Å². The molecule has 294 valence electrons. The predicted octanol–water partition coefficient (Wildman–Crippen LogP) is 6.44. The molecule has 10 heteroatoms. The minimum absolute atomic E-state index is 0.0124. The van der Waals surface area contributed by atoms with Crippen LogP contribution in [0.15, 0.2) is 0 Å². The Hall–Kier alpha value is -1.75. The zero-order chi connectivity index (χ0) is 37.0. The third-order valence-corrected chi connectivity index (χ3v) is 14.0. The Kier molecular flexibility index (Phi) is 16.5. The van der Waals surface area contributed by atoms with E-state index in [1.807, 2.05) is 0 Å². The third-order valence-electron chi connectivity index (χ3n) is 14.0. The second-order valence-electron chi connectivity index (χ2n) is 17.0. The van der Waals surface area contributed by atoms with Gasteiger partial charge < -0.3 is 36.1 Å². The van der Waals surface area contributed by atoms with E-state index in [1.54, 1.807) is 0 Å². The first-order chi connectivity index (χ1) is 24.5. The van der Waals surface area contributed by atoms with Gasteiger partial charge in [0.05, 0.1) is 25.6 Å². The van der Waals surface area contributed by atoms with Crippen LogP contribution in [-0.4, -0.2) is 69.1 Å². The van der Waals surface area contributed by atoms with Crippen molar-refractivity contribution in [3.05, 3.63) is 0 Å². The molecule has 4 saturated carbocycles. The number of carbonyl (C=O) groups is 3. The van der Waals surface area contributed by atoms with Crippen LogP contribution in [0, 0.1) is 46.3 Å². The van der Waals surface area contributed by atoms with Gasteiger partial charge in [0.1, 0.15) is 12.2 Å². The second-order valence-corrected chi connectivity index (χ2v) is 17.0. The Morgan fingerprint density at radius 3 is 2.16 bits per heavy atom. The van der Waals surface area contributed by atoms with E-state index in [0.717, 1.165) is 70.6 Å². The molecule has 0 unspecified atom stereocenters. The van der Waals surface area contributed by atoms with E-state index in [2.05, 4.69) is 27.7 Å². The van der Waals surface area contributed by atoms with Gasteiger partial charge in [0.15, 0.2) is 0 Å². The topological polar surface area (TPSA) is 166 Å². The first-order valence-electron chi connectivity index (χ1n) is 20.8. The Morgan fingerprint density at radius 2 is 1.45 bits per heavy atom. The molecule has 11 atom stereocenters. The highest BCUT2D eigenvalue weighted by Gasteiger charge is 2.67. The fourth-order valence-electron chi connectivity index (χ4n) is 11.2. The molecule has 10 nitrogen and oxygen atoms in total. The maximum absolute atomic E-state index is 13.2. The first kappa shape index (κ1) is 42.0. The van der Waals surface area contributed by atoms with Crippen molar-refractivity contribution in [3.8, 4) is 0 Å². The van der Waals surface area contributed by atoms with Crippen molar-refractivity contribution in [2.75, 3.05) is 32.8 Å². The molecule has 0 aliphatic heterocycles. The minimum Gasteiger partial charge on any atom is -0.466 e. The van der Waals surface area contributed by atoms with E-state index >= 15 is 0 Å². The van der Waals surface area contributed by atoms with Crippen LogP contribution in [0.1, 0.15) is 143 Å². The Labute approximate surface area is 308 Å². The van der Waals surface area contributed by atoms with Crippen LogP contribution in [0.4, 0.5) is 0 Å². The lowest BCUT2D eigenvalue weighted by Crippen LogP contribution is -2.63. The minimum atomic E-state index is -0.249. The standard InChI is InChI=1S/C41H73N3O7/c1-5-6-7-8-9-10-23-49-36(45)15-12-28(2)31-13-14-32-39-33(27-35(41(31,32)4)51-38(47)18-22-44)40(3)19-16-30(50-37(46)17-21-43)25-29(40)26-34(39)48-24-11-20-42/h28-35,39H,5-27,42-44H2,1-4H3/t28-,29+,30-,31-,32+,33+,34-,35+,39+,40+,41-/m1/s1. The molecule has 0 spiro atoms. The van der Waals surface area contributed by atoms with E-state index in [-0.39, 0.29) is 72.4 Å². The van der Waals surface area contributed by atoms with E-state index in [1.165, 1.54) is 25.7 Å². The number of rotatable bonds is 21. The van der Waals surface area contributed by atoms with Crippen molar-refractivity contribution in [1.29, 1.82) is 0 Å². The summed E-state index contributed by atoms with van der Waals surface area (Å²) >= 11 is 0. The fraction of sp³-hybridized carbons (Fsp3) is 0.927. The lowest BCUT2D eigenvalue weighted by Gasteiger charge is -2.64. The van der Waals surface area contributed by atoms with Gasteiger partial charge in [-0.05, 0) is 112 Å². The quantitative estimate of drug-likeness (QED) is 0.0683. The molecule has 0 aromatic heterocycles. The monoisotopic (exact) mass is 720 g/mol. The smallest absolute Gasteiger partial charge is 0.307 e. The van der Waals surface area contributed by atoms with Crippen LogP contribution < -0.4 is 17.2 Å².